The van der Waals surface area contributed by atoms with E-state index in [1.165, 1.54) is 29.2 Å². The van der Waals surface area contributed by atoms with Crippen LogP contribution in [0.1, 0.15) is 5.56 Å². The summed E-state index contributed by atoms with van der Waals surface area (Å²) in [4.78, 5) is 36.1. The summed E-state index contributed by atoms with van der Waals surface area (Å²) < 4.78 is 32.6. The summed E-state index contributed by atoms with van der Waals surface area (Å²) in [7, 11) is 7.26. The van der Waals surface area contributed by atoms with Crippen LogP contribution in [0.4, 0.5) is 14.5 Å². The lowest BCUT2D eigenvalue weighted by molar-refractivity contribution is -0.138. The summed E-state index contributed by atoms with van der Waals surface area (Å²) in [5.74, 6) is -0.773. The average Bonchev–Trinajstić information content (AvgIpc) is 3.22. The Balaban J connectivity index is 2.07. The molecule has 1 fully saturated rings. The van der Waals surface area contributed by atoms with Gasteiger partial charge in [-0.25, -0.2) is 4.99 Å². The molecule has 2 heterocycles. The molecule has 0 spiro atoms. The zero-order valence-corrected chi connectivity index (χ0v) is 23.9. The van der Waals surface area contributed by atoms with Gasteiger partial charge in [-0.1, -0.05) is 30.9 Å². The van der Waals surface area contributed by atoms with Gasteiger partial charge in [-0.15, -0.1) is 0 Å². The number of carbonyl (C=O) groups is 2. The number of ether oxygens (including phenoxy) is 1. The number of hydrogen-bond donors (Lipinski definition) is 2. The fourth-order valence-electron chi connectivity index (χ4n) is 4.15. The quantitative estimate of drug-likeness (QED) is 0.229. The van der Waals surface area contributed by atoms with E-state index < -0.39 is 12.5 Å². The van der Waals surface area contributed by atoms with E-state index in [2.05, 4.69) is 28.6 Å². The Labute approximate surface area is 238 Å². The highest BCUT2D eigenvalue weighted by Crippen LogP contribution is 2.36. The first kappa shape index (κ1) is 31.0. The summed E-state index contributed by atoms with van der Waals surface area (Å²) in [6, 6.07) is 4.89. The van der Waals surface area contributed by atoms with Crippen LogP contribution in [-0.4, -0.2) is 96.4 Å². The second-order valence-electron chi connectivity index (χ2n) is 9.97. The number of anilines is 1. The van der Waals surface area contributed by atoms with E-state index in [-0.39, 0.29) is 58.3 Å². The van der Waals surface area contributed by atoms with Crippen molar-refractivity contribution in [2.24, 2.45) is 10.7 Å². The van der Waals surface area contributed by atoms with Gasteiger partial charge in [0, 0.05) is 56.9 Å². The molecule has 1 saturated heterocycles. The van der Waals surface area contributed by atoms with Crippen molar-refractivity contribution in [2.75, 3.05) is 46.6 Å². The zero-order chi connectivity index (χ0) is 30.4. The fourth-order valence-corrected chi connectivity index (χ4v) is 4.15. The molecule has 0 atom stereocenters. The molecule has 1 aromatic heterocycles. The molecular weight excluding hydrogens is 534 g/mol. The van der Waals surface area contributed by atoms with Gasteiger partial charge in [0.25, 0.3) is 5.91 Å². The first-order valence-corrected chi connectivity index (χ1v) is 12.7. The number of rotatable bonds is 12. The zero-order valence-electron chi connectivity index (χ0n) is 23.9. The van der Waals surface area contributed by atoms with E-state index in [0.29, 0.717) is 13.1 Å². The Bertz CT molecular complexity index is 1370. The molecule has 220 valence electrons. The standard InChI is InChI=1S/C28H36F2N8O3/c1-8-11-32-26(36(6)7)24(18(3)31)27(40)33-21-15-38(16-23(39)37-13-19(14-37)35(4)5)34-25(21)20-12-17(2)9-10-22(20)41-28(29)30/h8-12,15,19,28H,1,3,13-14,16,31H2,2,4-7H3,(H,33,40)/b26-24+,32-11-. The monoisotopic (exact) mass is 570 g/mol. The smallest absolute Gasteiger partial charge is 0.387 e. The molecule has 3 N–H and O–H groups in total. The Morgan fingerprint density at radius 3 is 2.54 bits per heavy atom. The molecule has 0 unspecified atom stereocenters. The first-order valence-electron chi connectivity index (χ1n) is 12.7. The lowest BCUT2D eigenvalue weighted by atomic mass is 10.1. The maximum Gasteiger partial charge on any atom is 0.387 e. The van der Waals surface area contributed by atoms with Crippen LogP contribution in [0, 0.1) is 6.92 Å². The van der Waals surface area contributed by atoms with Crippen LogP contribution in [0.5, 0.6) is 5.75 Å². The number of alkyl halides is 2. The van der Waals surface area contributed by atoms with E-state index in [0.717, 1.165) is 5.56 Å². The predicted octanol–water partition coefficient (Wildman–Crippen LogP) is 2.67. The van der Waals surface area contributed by atoms with Gasteiger partial charge >= 0.3 is 6.61 Å². The maximum atomic E-state index is 13.6. The number of carbonyl (C=O) groups excluding carboxylic acids is 2. The largest absolute Gasteiger partial charge is 0.434 e. The summed E-state index contributed by atoms with van der Waals surface area (Å²) in [5.41, 5.74) is 7.14. The topological polar surface area (TPSA) is 121 Å². The summed E-state index contributed by atoms with van der Waals surface area (Å²) in [5, 5.41) is 7.26. The lowest BCUT2D eigenvalue weighted by Crippen LogP contribution is -2.59. The van der Waals surface area contributed by atoms with E-state index in [9.17, 15) is 18.4 Å². The number of nitrogens with two attached hydrogens (primary N) is 1. The molecule has 0 bridgehead atoms. The van der Waals surface area contributed by atoms with Crippen molar-refractivity contribution in [3.05, 3.63) is 66.3 Å². The van der Waals surface area contributed by atoms with Crippen LogP contribution in [0.2, 0.25) is 0 Å². The molecule has 41 heavy (non-hydrogen) atoms. The number of likely N-dealkylation sites (tertiary alicyclic amines) is 1. The van der Waals surface area contributed by atoms with Crippen LogP contribution in [0.3, 0.4) is 0 Å². The van der Waals surface area contributed by atoms with E-state index in [1.807, 2.05) is 19.0 Å². The molecule has 0 aliphatic carbocycles. The van der Waals surface area contributed by atoms with Crippen LogP contribution in [0.25, 0.3) is 11.3 Å². The van der Waals surface area contributed by atoms with Crippen LogP contribution in [0.15, 0.2) is 65.7 Å². The van der Waals surface area contributed by atoms with Gasteiger partial charge in [-0.05, 0) is 33.2 Å². The molecule has 2 amide bonds. The van der Waals surface area contributed by atoms with Crippen molar-refractivity contribution < 1.29 is 23.1 Å². The number of benzene rings is 1. The third kappa shape index (κ3) is 7.57. The Morgan fingerprint density at radius 1 is 1.29 bits per heavy atom. The minimum Gasteiger partial charge on any atom is -0.434 e. The van der Waals surface area contributed by atoms with Crippen molar-refractivity contribution in [1.29, 1.82) is 0 Å². The molecule has 0 radical (unpaired) electrons. The predicted molar refractivity (Wildman–Crippen MR) is 154 cm³/mol. The van der Waals surface area contributed by atoms with Gasteiger partial charge in [-0.3, -0.25) is 14.3 Å². The molecule has 0 saturated carbocycles. The van der Waals surface area contributed by atoms with Crippen LogP contribution < -0.4 is 15.8 Å². The molecule has 3 rings (SSSR count). The first-order chi connectivity index (χ1) is 19.3. The van der Waals surface area contributed by atoms with Gasteiger partial charge in [-0.2, -0.15) is 13.9 Å². The SMILES string of the molecule is C=C/C=N\C(=C(\C(=C)N)C(=O)Nc1cn(CC(=O)N2CC(N(C)C)C2)nc1-c1cc(C)ccc1OC(F)F)N(C)C. The lowest BCUT2D eigenvalue weighted by Gasteiger charge is -2.42. The number of aliphatic imine (C=N–C) groups is 1. The fraction of sp³-hybridized carbons (Fsp3) is 0.357. The molecule has 1 aliphatic heterocycles. The minimum absolute atomic E-state index is 0.0218. The van der Waals surface area contributed by atoms with E-state index in [4.69, 9.17) is 10.5 Å². The van der Waals surface area contributed by atoms with Gasteiger partial charge < -0.3 is 30.5 Å². The summed E-state index contributed by atoms with van der Waals surface area (Å²) in [6.07, 6.45) is 4.30. The maximum absolute atomic E-state index is 13.6. The number of nitrogens with one attached hydrogen (secondary N) is 1. The van der Waals surface area contributed by atoms with Crippen LogP contribution >= 0.6 is 0 Å². The highest BCUT2D eigenvalue weighted by molar-refractivity contribution is 6.08. The molecule has 13 heteroatoms. The van der Waals surface area contributed by atoms with Crippen molar-refractivity contribution in [1.82, 2.24) is 24.5 Å². The number of allylic oxidation sites excluding steroid dienone is 1. The van der Waals surface area contributed by atoms with Gasteiger partial charge in [0.1, 0.15) is 29.4 Å². The van der Waals surface area contributed by atoms with Crippen molar-refractivity contribution in [2.45, 2.75) is 26.1 Å². The second kappa shape index (κ2) is 13.2. The van der Waals surface area contributed by atoms with Gasteiger partial charge in [0.05, 0.1) is 5.69 Å². The Hall–Kier alpha value is -4.52. The highest BCUT2D eigenvalue weighted by Gasteiger charge is 2.32. The number of aromatic nitrogens is 2. The van der Waals surface area contributed by atoms with Crippen molar-refractivity contribution in [3.8, 4) is 17.0 Å². The number of aryl methyl sites for hydroxylation is 1. The molecule has 1 aromatic carbocycles. The number of nitrogens with zero attached hydrogens (tertiary/aromatic N) is 6. The number of amides is 2. The molecule has 1 aliphatic rings. The third-order valence-electron chi connectivity index (χ3n) is 6.36. The van der Waals surface area contributed by atoms with Gasteiger partial charge in [0.15, 0.2) is 0 Å². The van der Waals surface area contributed by atoms with E-state index >= 15 is 0 Å². The number of likely N-dealkylation sites (N-methyl/N-ethyl adjacent to an activating group) is 1. The Morgan fingerprint density at radius 2 is 1.98 bits per heavy atom. The van der Waals surface area contributed by atoms with Crippen LogP contribution in [-0.2, 0) is 16.1 Å². The second-order valence-corrected chi connectivity index (χ2v) is 9.97. The molecule has 11 nitrogen and oxygen atoms in total. The van der Waals surface area contributed by atoms with Crippen molar-refractivity contribution in [3.63, 3.8) is 0 Å². The number of hydrogen-bond acceptors (Lipinski definition) is 8. The summed E-state index contributed by atoms with van der Waals surface area (Å²) in [6.45, 7) is 7.05. The Kier molecular flexibility index (Phi) is 10.0. The molecule has 2 aromatic rings. The van der Waals surface area contributed by atoms with Gasteiger partial charge in [0.2, 0.25) is 5.91 Å². The summed E-state index contributed by atoms with van der Waals surface area (Å²) >= 11 is 0. The van der Waals surface area contributed by atoms with E-state index in [1.54, 1.807) is 43.0 Å². The third-order valence-corrected chi connectivity index (χ3v) is 6.36. The van der Waals surface area contributed by atoms with Crippen molar-refractivity contribution >= 4 is 23.7 Å². The number of halogens is 2. The normalized spacial score (nSPS) is 14.2. The molecular formula is C28H36F2N8O3. The minimum atomic E-state index is -3.09. The average molecular weight is 571 g/mol. The highest BCUT2D eigenvalue weighted by atomic mass is 19.3.